The number of benzene rings is 1. The molecule has 0 spiro atoms. The molecule has 1 amide bonds. The van der Waals surface area contributed by atoms with E-state index < -0.39 is 0 Å². The molecule has 170 valence electrons. The van der Waals surface area contributed by atoms with Gasteiger partial charge in [-0.25, -0.2) is 4.68 Å². The predicted molar refractivity (Wildman–Crippen MR) is 136 cm³/mol. The van der Waals surface area contributed by atoms with E-state index in [4.69, 9.17) is 0 Å². The first kappa shape index (κ1) is 25.2. The molecule has 1 saturated carbocycles. The van der Waals surface area contributed by atoms with Crippen molar-refractivity contribution in [1.29, 1.82) is 0 Å². The number of nitrogens with zero attached hydrogens (tertiary/aromatic N) is 4. The number of carbonyl (C=O) groups excluding carboxylic acids is 1. The molecule has 31 heavy (non-hydrogen) atoms. The van der Waals surface area contributed by atoms with Crippen molar-refractivity contribution in [2.24, 2.45) is 10.4 Å². The van der Waals surface area contributed by atoms with Crippen molar-refractivity contribution < 1.29 is 4.79 Å². The highest BCUT2D eigenvalue weighted by molar-refractivity contribution is 14.0. The first-order valence-electron chi connectivity index (χ1n) is 10.6. The van der Waals surface area contributed by atoms with Gasteiger partial charge in [-0.15, -0.1) is 24.0 Å². The number of hydrogen-bond acceptors (Lipinski definition) is 3. The quantitative estimate of drug-likeness (QED) is 0.336. The molecule has 0 unspecified atom stereocenters. The van der Waals surface area contributed by atoms with Gasteiger partial charge in [0.2, 0.25) is 5.91 Å². The molecule has 7 nitrogen and oxygen atoms in total. The third kappa shape index (κ3) is 5.78. The van der Waals surface area contributed by atoms with E-state index in [1.807, 2.05) is 37.8 Å². The van der Waals surface area contributed by atoms with Crippen molar-refractivity contribution in [1.82, 2.24) is 25.3 Å². The van der Waals surface area contributed by atoms with Crippen LogP contribution >= 0.6 is 24.0 Å². The average molecular weight is 538 g/mol. The molecule has 0 aliphatic heterocycles. The summed E-state index contributed by atoms with van der Waals surface area (Å²) in [5, 5.41) is 11.4. The lowest BCUT2D eigenvalue weighted by molar-refractivity contribution is -0.138. The van der Waals surface area contributed by atoms with Gasteiger partial charge >= 0.3 is 0 Å². The van der Waals surface area contributed by atoms with Crippen molar-refractivity contribution in [3.63, 3.8) is 0 Å². The van der Waals surface area contributed by atoms with Crippen LogP contribution in [0.4, 0.5) is 0 Å². The van der Waals surface area contributed by atoms with Gasteiger partial charge in [0, 0.05) is 39.9 Å². The van der Waals surface area contributed by atoms with Crippen LogP contribution in [0.25, 0.3) is 5.69 Å². The molecular weight excluding hydrogens is 503 g/mol. The number of aryl methyl sites for hydroxylation is 2. The van der Waals surface area contributed by atoms with Crippen molar-refractivity contribution in [2.75, 3.05) is 27.7 Å². The van der Waals surface area contributed by atoms with Crippen LogP contribution in [0.15, 0.2) is 35.3 Å². The van der Waals surface area contributed by atoms with Crippen LogP contribution in [0.2, 0.25) is 0 Å². The second kappa shape index (κ2) is 11.0. The van der Waals surface area contributed by atoms with E-state index in [0.29, 0.717) is 19.0 Å². The Balaban J connectivity index is 0.00000341. The van der Waals surface area contributed by atoms with Gasteiger partial charge in [-0.1, -0.05) is 31.0 Å². The van der Waals surface area contributed by atoms with E-state index in [9.17, 15) is 4.79 Å². The second-order valence-corrected chi connectivity index (χ2v) is 8.43. The summed E-state index contributed by atoms with van der Waals surface area (Å²) in [7, 11) is 5.44. The second-order valence-electron chi connectivity index (χ2n) is 8.43. The summed E-state index contributed by atoms with van der Waals surface area (Å²) in [4.78, 5) is 18.9. The Bertz CT molecular complexity index is 915. The average Bonchev–Trinajstić information content (AvgIpc) is 3.34. The molecule has 1 aliphatic carbocycles. The molecule has 0 radical (unpaired) electrons. The Labute approximate surface area is 202 Å². The molecule has 3 rings (SSSR count). The Morgan fingerprint density at radius 2 is 1.87 bits per heavy atom. The number of guanidine groups is 1. The summed E-state index contributed by atoms with van der Waals surface area (Å²) < 4.78 is 1.98. The van der Waals surface area contributed by atoms with Gasteiger partial charge in [0.15, 0.2) is 5.96 Å². The lowest BCUT2D eigenvalue weighted by Gasteiger charge is -2.31. The Hall–Kier alpha value is -2.10. The summed E-state index contributed by atoms with van der Waals surface area (Å²) in [6.45, 7) is 5.28. The van der Waals surface area contributed by atoms with E-state index in [0.717, 1.165) is 48.3 Å². The van der Waals surface area contributed by atoms with Crippen molar-refractivity contribution >= 4 is 35.8 Å². The zero-order valence-corrected chi connectivity index (χ0v) is 21.6. The lowest BCUT2D eigenvalue weighted by atomic mass is 9.84. The Morgan fingerprint density at radius 3 is 2.45 bits per heavy atom. The zero-order valence-electron chi connectivity index (χ0n) is 19.2. The van der Waals surface area contributed by atoms with Gasteiger partial charge in [0.05, 0.1) is 16.8 Å². The smallest absolute Gasteiger partial charge is 0.230 e. The van der Waals surface area contributed by atoms with Crippen molar-refractivity contribution in [3.8, 4) is 5.69 Å². The van der Waals surface area contributed by atoms with Gasteiger partial charge < -0.3 is 15.5 Å². The van der Waals surface area contributed by atoms with E-state index in [1.54, 1.807) is 11.9 Å². The van der Waals surface area contributed by atoms with Gasteiger partial charge in [0.1, 0.15) is 0 Å². The largest absolute Gasteiger partial charge is 0.355 e. The molecule has 1 aliphatic rings. The number of aromatic nitrogens is 2. The molecule has 1 heterocycles. The number of rotatable bonds is 6. The van der Waals surface area contributed by atoms with E-state index in [2.05, 4.69) is 45.8 Å². The molecule has 1 fully saturated rings. The summed E-state index contributed by atoms with van der Waals surface area (Å²) >= 11 is 0. The number of amides is 1. The summed E-state index contributed by atoms with van der Waals surface area (Å²) in [6.07, 6.45) is 4.05. The van der Waals surface area contributed by atoms with Gasteiger partial charge in [-0.2, -0.15) is 5.10 Å². The highest BCUT2D eigenvalue weighted by Gasteiger charge is 2.42. The maximum Gasteiger partial charge on any atom is 0.230 e. The highest BCUT2D eigenvalue weighted by atomic mass is 127. The topological polar surface area (TPSA) is 74.5 Å². The molecule has 0 atom stereocenters. The summed E-state index contributed by atoms with van der Waals surface area (Å²) in [5.74, 6) is 0.911. The predicted octanol–water partition coefficient (Wildman–Crippen LogP) is 3.42. The van der Waals surface area contributed by atoms with Crippen molar-refractivity contribution in [3.05, 3.63) is 47.3 Å². The first-order chi connectivity index (χ1) is 14.4. The number of para-hydroxylation sites is 1. The molecule has 1 aromatic heterocycles. The highest BCUT2D eigenvalue weighted by Crippen LogP contribution is 2.38. The number of aliphatic imine (C=N–C) groups is 1. The third-order valence-electron chi connectivity index (χ3n) is 5.91. The molecule has 0 bridgehead atoms. The van der Waals surface area contributed by atoms with Crippen LogP contribution in [0.3, 0.4) is 0 Å². The first-order valence-corrected chi connectivity index (χ1v) is 10.6. The van der Waals surface area contributed by atoms with E-state index in [1.165, 1.54) is 0 Å². The molecule has 2 aromatic rings. The molecule has 1 aromatic carbocycles. The minimum absolute atomic E-state index is 0. The minimum Gasteiger partial charge on any atom is -0.355 e. The van der Waals surface area contributed by atoms with Crippen LogP contribution in [0.5, 0.6) is 0 Å². The lowest BCUT2D eigenvalue weighted by Crippen LogP contribution is -2.49. The normalized spacial score (nSPS) is 15.3. The molecule has 0 saturated heterocycles. The monoisotopic (exact) mass is 538 g/mol. The zero-order chi connectivity index (χ0) is 21.7. The maximum atomic E-state index is 12.8. The fraction of sp³-hybridized carbons (Fsp3) is 0.522. The molecule has 2 N–H and O–H groups in total. The molecular formula is C23H35IN6O. The van der Waals surface area contributed by atoms with E-state index >= 15 is 0 Å². The summed E-state index contributed by atoms with van der Waals surface area (Å²) in [6, 6.07) is 10.3. The fourth-order valence-corrected chi connectivity index (χ4v) is 4.38. The van der Waals surface area contributed by atoms with Gasteiger partial charge in [-0.05, 0) is 44.4 Å². The maximum absolute atomic E-state index is 12.8. The molecule has 8 heteroatoms. The number of carbonyl (C=O) groups is 1. The fourth-order valence-electron chi connectivity index (χ4n) is 4.38. The summed E-state index contributed by atoms with van der Waals surface area (Å²) in [5.41, 5.74) is 3.96. The number of halogens is 1. The standard InChI is InChI=1S/C23H34N6O.HI/c1-17-14-18(2)29(27-17)20-11-7-6-10-19(20)15-25-22(24-3)26-16-23(12-8-9-13-23)21(30)28(4)5;/h6-7,10-11,14H,8-9,12-13,15-16H2,1-5H3,(H2,24,25,26);1H. The van der Waals surface area contributed by atoms with Crippen LogP contribution in [0.1, 0.15) is 42.6 Å². The van der Waals surface area contributed by atoms with Crippen LogP contribution < -0.4 is 10.6 Å². The van der Waals surface area contributed by atoms with Crippen molar-refractivity contribution in [2.45, 2.75) is 46.1 Å². The van der Waals surface area contributed by atoms with Crippen LogP contribution in [0, 0.1) is 19.3 Å². The van der Waals surface area contributed by atoms with Crippen LogP contribution in [-0.4, -0.2) is 54.2 Å². The Kier molecular flexibility index (Phi) is 8.90. The van der Waals surface area contributed by atoms with E-state index in [-0.39, 0.29) is 35.3 Å². The third-order valence-corrected chi connectivity index (χ3v) is 5.91. The Morgan fingerprint density at radius 1 is 1.19 bits per heavy atom. The van der Waals surface area contributed by atoms with Gasteiger partial charge in [0.25, 0.3) is 0 Å². The SMILES string of the molecule is CN=C(NCc1ccccc1-n1nc(C)cc1C)NCC1(C(=O)N(C)C)CCCC1.I. The van der Waals surface area contributed by atoms with Gasteiger partial charge in [-0.3, -0.25) is 9.79 Å². The number of nitrogens with one attached hydrogen (secondary N) is 2. The van der Waals surface area contributed by atoms with Crippen LogP contribution in [-0.2, 0) is 11.3 Å². The number of hydrogen-bond donors (Lipinski definition) is 2. The minimum atomic E-state index is -0.331.